The van der Waals surface area contributed by atoms with Gasteiger partial charge in [0.05, 0.1) is 11.9 Å². The predicted octanol–water partition coefficient (Wildman–Crippen LogP) is 1.65. The first-order valence-corrected chi connectivity index (χ1v) is 5.60. The number of aromatic nitrogens is 6. The smallest absolute Gasteiger partial charge is 0.138 e. The van der Waals surface area contributed by atoms with Crippen LogP contribution >= 0.6 is 0 Å². The largest absolute Gasteiger partial charge is 0.226 e. The molecule has 3 rings (SSSR count). The van der Waals surface area contributed by atoms with Crippen molar-refractivity contribution in [2.45, 2.75) is 0 Å². The normalized spacial score (nSPS) is 11.8. The fourth-order valence-electron chi connectivity index (χ4n) is 1.69. The zero-order valence-electron chi connectivity index (χ0n) is 10.1. The number of hydrogen-bond acceptors (Lipinski definition) is 4. The molecule has 0 saturated carbocycles. The Balaban J connectivity index is 2.15. The Bertz CT molecular complexity index is 733. The van der Waals surface area contributed by atoms with E-state index in [0.29, 0.717) is 5.70 Å². The summed E-state index contributed by atoms with van der Waals surface area (Å²) in [5.74, 6) is -1.35. The molecule has 0 saturated heterocycles. The van der Waals surface area contributed by atoms with Crippen molar-refractivity contribution in [1.82, 2.24) is 29.5 Å². The average Bonchev–Trinajstić information content (AvgIpc) is 3.10. The van der Waals surface area contributed by atoms with Crippen LogP contribution < -0.4 is 0 Å². The fraction of sp³-hybridized carbons (Fsp3) is 0. The monoisotopic (exact) mass is 274 g/mol. The van der Waals surface area contributed by atoms with Gasteiger partial charge in [0.15, 0.2) is 0 Å². The SMILES string of the molecule is Fc1ccc(C(=Cn2cncn2)n2cncn2)c(F)c1. The summed E-state index contributed by atoms with van der Waals surface area (Å²) in [6.45, 7) is 0. The van der Waals surface area contributed by atoms with Crippen molar-refractivity contribution < 1.29 is 8.78 Å². The fourth-order valence-corrected chi connectivity index (χ4v) is 1.69. The van der Waals surface area contributed by atoms with E-state index in [1.165, 1.54) is 53.0 Å². The maximum atomic E-state index is 13.9. The van der Waals surface area contributed by atoms with Crippen molar-refractivity contribution >= 4 is 11.9 Å². The molecular weight excluding hydrogens is 266 g/mol. The van der Waals surface area contributed by atoms with Crippen molar-refractivity contribution in [3.8, 4) is 0 Å². The van der Waals surface area contributed by atoms with Gasteiger partial charge in [-0.2, -0.15) is 10.2 Å². The van der Waals surface area contributed by atoms with Crippen LogP contribution in [0.3, 0.4) is 0 Å². The van der Waals surface area contributed by atoms with Crippen molar-refractivity contribution in [2.24, 2.45) is 0 Å². The summed E-state index contributed by atoms with van der Waals surface area (Å²) in [6.07, 6.45) is 7.02. The molecule has 8 heteroatoms. The van der Waals surface area contributed by atoms with E-state index in [-0.39, 0.29) is 5.56 Å². The topological polar surface area (TPSA) is 61.4 Å². The average molecular weight is 274 g/mol. The number of rotatable bonds is 3. The van der Waals surface area contributed by atoms with Gasteiger partial charge in [-0.05, 0) is 12.1 Å². The molecule has 0 bridgehead atoms. The van der Waals surface area contributed by atoms with Crippen LogP contribution in [0.2, 0.25) is 0 Å². The molecule has 0 aliphatic carbocycles. The first-order chi connectivity index (χ1) is 9.74. The second kappa shape index (κ2) is 5.00. The van der Waals surface area contributed by atoms with Crippen molar-refractivity contribution in [1.29, 1.82) is 0 Å². The number of hydrogen-bond donors (Lipinski definition) is 0. The Kier molecular flexibility index (Phi) is 3.04. The highest BCUT2D eigenvalue weighted by atomic mass is 19.1. The molecule has 0 N–H and O–H groups in total. The van der Waals surface area contributed by atoms with Crippen LogP contribution in [0.1, 0.15) is 5.56 Å². The molecule has 2 heterocycles. The van der Waals surface area contributed by atoms with Gasteiger partial charge < -0.3 is 0 Å². The number of benzene rings is 1. The molecule has 6 nitrogen and oxygen atoms in total. The molecule has 0 amide bonds. The van der Waals surface area contributed by atoms with Gasteiger partial charge in [-0.3, -0.25) is 0 Å². The predicted molar refractivity (Wildman–Crippen MR) is 66.0 cm³/mol. The summed E-state index contributed by atoms with van der Waals surface area (Å²) in [5.41, 5.74) is 0.526. The van der Waals surface area contributed by atoms with E-state index < -0.39 is 11.6 Å². The summed E-state index contributed by atoms with van der Waals surface area (Å²) in [5, 5.41) is 7.86. The maximum absolute atomic E-state index is 13.9. The van der Waals surface area contributed by atoms with Gasteiger partial charge in [0.25, 0.3) is 0 Å². The number of nitrogens with zero attached hydrogens (tertiary/aromatic N) is 6. The molecule has 0 unspecified atom stereocenters. The highest BCUT2D eigenvalue weighted by molar-refractivity contribution is 5.74. The first kappa shape index (κ1) is 12.2. The molecule has 0 atom stereocenters. The molecule has 3 aromatic rings. The Morgan fingerprint density at radius 2 is 1.85 bits per heavy atom. The minimum absolute atomic E-state index is 0.174. The van der Waals surface area contributed by atoms with Crippen LogP contribution in [0, 0.1) is 11.6 Å². The molecule has 0 radical (unpaired) electrons. The Morgan fingerprint density at radius 1 is 1.05 bits per heavy atom. The molecule has 2 aromatic heterocycles. The van der Waals surface area contributed by atoms with Gasteiger partial charge in [0, 0.05) is 11.6 Å². The zero-order valence-corrected chi connectivity index (χ0v) is 10.1. The maximum Gasteiger partial charge on any atom is 0.138 e. The van der Waals surface area contributed by atoms with E-state index >= 15 is 0 Å². The van der Waals surface area contributed by atoms with Gasteiger partial charge >= 0.3 is 0 Å². The summed E-state index contributed by atoms with van der Waals surface area (Å²) in [4.78, 5) is 7.61. The van der Waals surface area contributed by atoms with Crippen molar-refractivity contribution in [3.05, 3.63) is 60.7 Å². The van der Waals surface area contributed by atoms with E-state index in [0.717, 1.165) is 6.07 Å². The minimum Gasteiger partial charge on any atom is -0.226 e. The molecule has 0 spiro atoms. The Hall–Kier alpha value is -2.90. The van der Waals surface area contributed by atoms with Gasteiger partial charge in [0.2, 0.25) is 0 Å². The summed E-state index contributed by atoms with van der Waals surface area (Å²) < 4.78 is 29.7. The highest BCUT2D eigenvalue weighted by Crippen LogP contribution is 2.20. The van der Waals surface area contributed by atoms with Crippen LogP contribution in [0.25, 0.3) is 11.9 Å². The summed E-state index contributed by atoms with van der Waals surface area (Å²) >= 11 is 0. The number of halogens is 2. The molecule has 100 valence electrons. The van der Waals surface area contributed by atoms with E-state index in [2.05, 4.69) is 20.2 Å². The van der Waals surface area contributed by atoms with E-state index in [1.807, 2.05) is 0 Å². The van der Waals surface area contributed by atoms with Gasteiger partial charge in [-0.1, -0.05) is 0 Å². The second-order valence-electron chi connectivity index (χ2n) is 3.85. The molecular formula is C12H8F2N6. The molecule has 20 heavy (non-hydrogen) atoms. The van der Waals surface area contributed by atoms with E-state index in [1.54, 1.807) is 0 Å². The molecule has 0 fully saturated rings. The molecule has 0 aliphatic rings. The lowest BCUT2D eigenvalue weighted by Crippen LogP contribution is -2.04. The van der Waals surface area contributed by atoms with Crippen LogP contribution in [0.4, 0.5) is 8.78 Å². The van der Waals surface area contributed by atoms with Crippen LogP contribution in [0.5, 0.6) is 0 Å². The third-order valence-corrected chi connectivity index (χ3v) is 2.56. The highest BCUT2D eigenvalue weighted by Gasteiger charge is 2.12. The van der Waals surface area contributed by atoms with E-state index in [9.17, 15) is 8.78 Å². The lowest BCUT2D eigenvalue weighted by atomic mass is 10.1. The third-order valence-electron chi connectivity index (χ3n) is 2.56. The zero-order chi connectivity index (χ0) is 13.9. The van der Waals surface area contributed by atoms with Gasteiger partial charge in [-0.25, -0.2) is 28.1 Å². The van der Waals surface area contributed by atoms with Gasteiger partial charge in [-0.15, -0.1) is 0 Å². The standard InChI is InChI=1S/C12H8F2N6/c13-9-1-2-10(11(14)3-9)12(20-8-16-6-18-20)4-19-7-15-5-17-19/h1-8H. The minimum atomic E-state index is -0.702. The van der Waals surface area contributed by atoms with Crippen LogP contribution in [0.15, 0.2) is 43.5 Å². The Morgan fingerprint density at radius 3 is 2.50 bits per heavy atom. The van der Waals surface area contributed by atoms with Crippen LogP contribution in [-0.4, -0.2) is 29.5 Å². The molecule has 0 aliphatic heterocycles. The lowest BCUT2D eigenvalue weighted by molar-refractivity contribution is 0.579. The second-order valence-corrected chi connectivity index (χ2v) is 3.85. The Labute approximate surface area is 112 Å². The quantitative estimate of drug-likeness (QED) is 0.728. The summed E-state index contributed by atoms with van der Waals surface area (Å²) in [6, 6.07) is 3.31. The lowest BCUT2D eigenvalue weighted by Gasteiger charge is -2.08. The summed E-state index contributed by atoms with van der Waals surface area (Å²) in [7, 11) is 0. The van der Waals surface area contributed by atoms with Crippen molar-refractivity contribution in [2.75, 3.05) is 0 Å². The van der Waals surface area contributed by atoms with E-state index in [4.69, 9.17) is 0 Å². The van der Waals surface area contributed by atoms with Gasteiger partial charge in [0.1, 0.15) is 36.9 Å². The van der Waals surface area contributed by atoms with Crippen molar-refractivity contribution in [3.63, 3.8) is 0 Å². The third kappa shape index (κ3) is 2.30. The van der Waals surface area contributed by atoms with Crippen LogP contribution in [-0.2, 0) is 0 Å². The molecule has 1 aromatic carbocycles. The first-order valence-electron chi connectivity index (χ1n) is 5.60.